The van der Waals surface area contributed by atoms with E-state index in [2.05, 4.69) is 0 Å². The molecule has 0 spiro atoms. The van der Waals surface area contributed by atoms with Crippen molar-refractivity contribution < 1.29 is 23.1 Å². The van der Waals surface area contributed by atoms with E-state index in [0.717, 1.165) is 0 Å². The molecule has 0 bridgehead atoms. The first-order valence-electron chi connectivity index (χ1n) is 5.84. The van der Waals surface area contributed by atoms with Crippen molar-refractivity contribution in [2.24, 2.45) is 11.8 Å². The third-order valence-electron chi connectivity index (χ3n) is 4.24. The molecule has 2 rings (SSSR count). The lowest BCUT2D eigenvalue weighted by Gasteiger charge is -2.36. The van der Waals surface area contributed by atoms with Crippen molar-refractivity contribution in [2.45, 2.75) is 43.9 Å². The third-order valence-corrected chi connectivity index (χ3v) is 4.24. The zero-order chi connectivity index (χ0) is 12.8. The van der Waals surface area contributed by atoms with Crippen LogP contribution >= 0.6 is 12.4 Å². The molecule has 1 saturated heterocycles. The minimum Gasteiger partial charge on any atom is -0.480 e. The van der Waals surface area contributed by atoms with E-state index < -0.39 is 30.0 Å². The molecule has 0 aromatic heterocycles. The maximum atomic E-state index is 12.9. The molecule has 1 N–H and O–H groups in total. The molecule has 7 heteroatoms. The molecule has 0 aromatic carbocycles. The third kappa shape index (κ3) is 2.59. The van der Waals surface area contributed by atoms with Gasteiger partial charge in [0.15, 0.2) is 0 Å². The average Bonchev–Trinajstić information content (AvgIpc) is 2.55. The van der Waals surface area contributed by atoms with E-state index in [1.165, 1.54) is 0 Å². The predicted molar refractivity (Wildman–Crippen MR) is 61.7 cm³/mol. The molecule has 4 unspecified atom stereocenters. The molecule has 18 heavy (non-hydrogen) atoms. The minimum atomic E-state index is -4.20. The van der Waals surface area contributed by atoms with Gasteiger partial charge in [-0.15, -0.1) is 12.4 Å². The molecular formula is C11H17ClF3NO2. The lowest BCUT2D eigenvalue weighted by molar-refractivity contribution is -0.198. The quantitative estimate of drug-likeness (QED) is 0.806. The van der Waals surface area contributed by atoms with Gasteiger partial charge in [0, 0.05) is 6.04 Å². The fourth-order valence-corrected chi connectivity index (χ4v) is 3.41. The van der Waals surface area contributed by atoms with Crippen LogP contribution in [0.4, 0.5) is 13.2 Å². The van der Waals surface area contributed by atoms with Gasteiger partial charge in [-0.1, -0.05) is 6.42 Å². The topological polar surface area (TPSA) is 40.5 Å². The van der Waals surface area contributed by atoms with E-state index in [0.29, 0.717) is 12.8 Å². The smallest absolute Gasteiger partial charge is 0.392 e. The summed E-state index contributed by atoms with van der Waals surface area (Å²) in [5, 5.41) is 9.00. The van der Waals surface area contributed by atoms with E-state index >= 15 is 0 Å². The van der Waals surface area contributed by atoms with Crippen molar-refractivity contribution in [3.63, 3.8) is 0 Å². The summed E-state index contributed by atoms with van der Waals surface area (Å²) >= 11 is 0. The number of carboxylic acids is 1. The van der Waals surface area contributed by atoms with Gasteiger partial charge < -0.3 is 5.11 Å². The first kappa shape index (κ1) is 15.6. The van der Waals surface area contributed by atoms with Crippen LogP contribution in [0, 0.1) is 11.8 Å². The van der Waals surface area contributed by atoms with Crippen LogP contribution in [0.1, 0.15) is 25.7 Å². The van der Waals surface area contributed by atoms with Crippen LogP contribution in [-0.4, -0.2) is 41.3 Å². The van der Waals surface area contributed by atoms with E-state index in [4.69, 9.17) is 5.11 Å². The van der Waals surface area contributed by atoms with Gasteiger partial charge in [-0.2, -0.15) is 13.2 Å². The summed E-state index contributed by atoms with van der Waals surface area (Å²) in [6, 6.07) is -0.982. The highest BCUT2D eigenvalue weighted by Gasteiger charge is 2.54. The second-order valence-corrected chi connectivity index (χ2v) is 5.07. The first-order valence-corrected chi connectivity index (χ1v) is 5.84. The van der Waals surface area contributed by atoms with Crippen molar-refractivity contribution in [1.82, 2.24) is 4.90 Å². The van der Waals surface area contributed by atoms with Crippen molar-refractivity contribution in [1.29, 1.82) is 0 Å². The highest BCUT2D eigenvalue weighted by Crippen LogP contribution is 2.48. The summed E-state index contributed by atoms with van der Waals surface area (Å²) in [6.07, 6.45) is -2.72. The molecule has 0 aromatic rings. The Bertz CT molecular complexity index is 324. The van der Waals surface area contributed by atoms with Crippen molar-refractivity contribution in [3.05, 3.63) is 0 Å². The lowest BCUT2D eigenvalue weighted by atomic mass is 9.75. The number of carbonyl (C=O) groups is 1. The van der Waals surface area contributed by atoms with E-state index in [-0.39, 0.29) is 31.3 Å². The summed E-state index contributed by atoms with van der Waals surface area (Å²) < 4.78 is 38.6. The Kier molecular flexibility index (Phi) is 4.54. The number of alkyl halides is 3. The largest absolute Gasteiger partial charge is 0.480 e. The zero-order valence-electron chi connectivity index (χ0n) is 9.98. The van der Waals surface area contributed by atoms with Crippen molar-refractivity contribution in [3.8, 4) is 0 Å². The number of hydrogen-bond acceptors (Lipinski definition) is 2. The summed E-state index contributed by atoms with van der Waals surface area (Å²) in [4.78, 5) is 12.6. The number of halogens is 4. The van der Waals surface area contributed by atoms with Gasteiger partial charge in [-0.05, 0) is 32.2 Å². The van der Waals surface area contributed by atoms with Gasteiger partial charge in [0.1, 0.15) is 6.04 Å². The number of likely N-dealkylation sites (N-methyl/N-ethyl adjacent to an activating group) is 1. The average molecular weight is 288 g/mol. The minimum absolute atomic E-state index is 0. The molecular weight excluding hydrogens is 271 g/mol. The van der Waals surface area contributed by atoms with E-state index in [9.17, 15) is 18.0 Å². The number of aliphatic carboxylic acids is 1. The second-order valence-electron chi connectivity index (χ2n) is 5.07. The Morgan fingerprint density at radius 2 is 1.94 bits per heavy atom. The molecule has 1 aliphatic heterocycles. The van der Waals surface area contributed by atoms with E-state index in [1.807, 2.05) is 0 Å². The van der Waals surface area contributed by atoms with Gasteiger partial charge in [0.2, 0.25) is 0 Å². The van der Waals surface area contributed by atoms with Gasteiger partial charge in [0.25, 0.3) is 0 Å². The predicted octanol–water partition coefficient (Wildman–Crippen LogP) is 2.54. The molecule has 2 aliphatic rings. The maximum Gasteiger partial charge on any atom is 0.392 e. The standard InChI is InChI=1S/C11H16F3NO2.ClH/c1-15-8-4-2-3-7(11(12,13)14)6(8)5-9(15)10(16)17;/h6-9H,2-5H2,1H3,(H,16,17);1H. The molecule has 106 valence electrons. The van der Waals surface area contributed by atoms with Gasteiger partial charge in [-0.3, -0.25) is 9.69 Å². The molecule has 4 atom stereocenters. The second kappa shape index (κ2) is 5.25. The van der Waals surface area contributed by atoms with Crippen molar-refractivity contribution in [2.75, 3.05) is 7.05 Å². The number of likely N-dealkylation sites (tertiary alicyclic amines) is 1. The number of nitrogens with zero attached hydrogens (tertiary/aromatic N) is 1. The summed E-state index contributed by atoms with van der Waals surface area (Å²) in [7, 11) is 1.63. The number of hydrogen-bond donors (Lipinski definition) is 1. The molecule has 1 heterocycles. The Morgan fingerprint density at radius 1 is 1.33 bits per heavy atom. The fourth-order valence-electron chi connectivity index (χ4n) is 3.41. The number of rotatable bonds is 1. The summed E-state index contributed by atoms with van der Waals surface area (Å²) in [5.74, 6) is -2.88. The van der Waals surface area contributed by atoms with Crippen LogP contribution in [0.25, 0.3) is 0 Å². The Morgan fingerprint density at radius 3 is 2.44 bits per heavy atom. The van der Waals surface area contributed by atoms with Crippen LogP contribution in [0.3, 0.4) is 0 Å². The lowest BCUT2D eigenvalue weighted by Crippen LogP contribution is -2.43. The molecule has 1 saturated carbocycles. The molecule has 2 fully saturated rings. The van der Waals surface area contributed by atoms with Crippen molar-refractivity contribution >= 4 is 18.4 Å². The van der Waals surface area contributed by atoms with Gasteiger partial charge >= 0.3 is 12.1 Å². The zero-order valence-corrected chi connectivity index (χ0v) is 10.8. The van der Waals surface area contributed by atoms with Crippen LogP contribution in [0.15, 0.2) is 0 Å². The first-order chi connectivity index (χ1) is 7.82. The summed E-state index contributed by atoms with van der Waals surface area (Å²) in [5.41, 5.74) is 0. The highest BCUT2D eigenvalue weighted by molar-refractivity contribution is 5.85. The molecule has 3 nitrogen and oxygen atoms in total. The van der Waals surface area contributed by atoms with Crippen LogP contribution in [0.5, 0.6) is 0 Å². The Labute approximate surface area is 110 Å². The van der Waals surface area contributed by atoms with E-state index in [1.54, 1.807) is 11.9 Å². The Balaban J connectivity index is 0.00000162. The normalized spacial score (nSPS) is 36.9. The number of carboxylic acid groups (broad SMARTS) is 1. The van der Waals surface area contributed by atoms with Crippen LogP contribution < -0.4 is 0 Å². The SMILES string of the molecule is CN1C(C(=O)O)CC2C1CCCC2C(F)(F)F.Cl. The van der Waals surface area contributed by atoms with Gasteiger partial charge in [0.05, 0.1) is 5.92 Å². The maximum absolute atomic E-state index is 12.9. The van der Waals surface area contributed by atoms with Crippen LogP contribution in [0.2, 0.25) is 0 Å². The van der Waals surface area contributed by atoms with Gasteiger partial charge in [-0.25, -0.2) is 0 Å². The Hall–Kier alpha value is -0.490. The fraction of sp³-hybridized carbons (Fsp3) is 0.909. The molecule has 1 aliphatic carbocycles. The molecule has 0 amide bonds. The molecule has 0 radical (unpaired) electrons. The highest BCUT2D eigenvalue weighted by atomic mass is 35.5. The van der Waals surface area contributed by atoms with Crippen LogP contribution in [-0.2, 0) is 4.79 Å². The summed E-state index contributed by atoms with van der Waals surface area (Å²) in [6.45, 7) is 0. The number of fused-ring (bicyclic) bond motifs is 1. The monoisotopic (exact) mass is 287 g/mol.